The molecule has 0 unspecified atom stereocenters. The van der Waals surface area contributed by atoms with E-state index in [-0.39, 0.29) is 5.91 Å². The Morgan fingerprint density at radius 1 is 1.41 bits per heavy atom. The van der Waals surface area contributed by atoms with Gasteiger partial charge in [-0.05, 0) is 24.3 Å². The lowest BCUT2D eigenvalue weighted by Crippen LogP contribution is -2.22. The molecule has 0 fully saturated rings. The Hall–Kier alpha value is -1.97. The second kappa shape index (κ2) is 4.91. The summed E-state index contributed by atoms with van der Waals surface area (Å²) in [6, 6.07) is 8.00. The fraction of sp³-hybridized carbons (Fsp3) is 0.308. The predicted octanol–water partition coefficient (Wildman–Crippen LogP) is 1.86. The molecule has 1 aromatic carbocycles. The van der Waals surface area contributed by atoms with Crippen molar-refractivity contribution in [3.8, 4) is 5.75 Å². The van der Waals surface area contributed by atoms with E-state index in [0.29, 0.717) is 6.54 Å². The van der Waals surface area contributed by atoms with Crippen LogP contribution in [0.3, 0.4) is 0 Å². The second-order valence-electron chi connectivity index (χ2n) is 3.98. The Balaban J connectivity index is 2.11. The lowest BCUT2D eigenvalue weighted by Gasteiger charge is -1.98. The minimum Gasteiger partial charge on any atom is -0.497 e. The number of rotatable bonds is 4. The zero-order valence-electron chi connectivity index (χ0n) is 10.0. The number of hydrogen-bond acceptors (Lipinski definition) is 2. The molecule has 0 spiro atoms. The van der Waals surface area contributed by atoms with Crippen LogP contribution < -0.4 is 10.1 Å². The second-order valence-corrected chi connectivity index (χ2v) is 3.98. The molecular formula is C13H16N2O2. The largest absolute Gasteiger partial charge is 0.497 e. The number of carbonyl (C=O) groups is 1. The van der Waals surface area contributed by atoms with E-state index in [0.717, 1.165) is 28.8 Å². The van der Waals surface area contributed by atoms with Gasteiger partial charge in [0.25, 0.3) is 0 Å². The van der Waals surface area contributed by atoms with Crippen LogP contribution in [-0.4, -0.2) is 24.5 Å². The van der Waals surface area contributed by atoms with Crippen molar-refractivity contribution in [1.29, 1.82) is 0 Å². The minimum atomic E-state index is 0.00257. The van der Waals surface area contributed by atoms with Gasteiger partial charge >= 0.3 is 0 Å². The number of methoxy groups -OCH3 is 1. The van der Waals surface area contributed by atoms with Crippen LogP contribution in [0.1, 0.15) is 12.6 Å². The molecule has 4 heteroatoms. The normalized spacial score (nSPS) is 10.5. The molecule has 1 aromatic heterocycles. The zero-order chi connectivity index (χ0) is 12.3. The molecule has 2 aromatic rings. The first-order chi connectivity index (χ1) is 8.19. The fourth-order valence-electron chi connectivity index (χ4n) is 1.81. The molecule has 0 aliphatic carbocycles. The first kappa shape index (κ1) is 11.5. The number of ether oxygens (including phenoxy) is 1. The highest BCUT2D eigenvalue weighted by molar-refractivity contribution is 5.82. The van der Waals surface area contributed by atoms with E-state index in [1.807, 2.05) is 18.2 Å². The molecular weight excluding hydrogens is 216 g/mol. The Kier molecular flexibility index (Phi) is 3.32. The number of aromatic nitrogens is 1. The fourth-order valence-corrected chi connectivity index (χ4v) is 1.81. The Morgan fingerprint density at radius 2 is 2.24 bits per heavy atom. The van der Waals surface area contributed by atoms with Crippen LogP contribution in [0.2, 0.25) is 0 Å². The monoisotopic (exact) mass is 232 g/mol. The summed E-state index contributed by atoms with van der Waals surface area (Å²) < 4.78 is 5.17. The van der Waals surface area contributed by atoms with Gasteiger partial charge in [0.1, 0.15) is 5.75 Å². The van der Waals surface area contributed by atoms with Crippen LogP contribution in [0, 0.1) is 0 Å². The quantitative estimate of drug-likeness (QED) is 0.845. The van der Waals surface area contributed by atoms with Crippen molar-refractivity contribution in [2.75, 3.05) is 13.7 Å². The first-order valence-electron chi connectivity index (χ1n) is 5.59. The minimum absolute atomic E-state index is 0.00257. The maximum Gasteiger partial charge on any atom is 0.216 e. The third kappa shape index (κ3) is 2.78. The van der Waals surface area contributed by atoms with Crippen LogP contribution in [-0.2, 0) is 11.2 Å². The van der Waals surface area contributed by atoms with E-state index >= 15 is 0 Å². The highest BCUT2D eigenvalue weighted by Crippen LogP contribution is 2.21. The zero-order valence-corrected chi connectivity index (χ0v) is 10.0. The molecule has 2 N–H and O–H groups in total. The summed E-state index contributed by atoms with van der Waals surface area (Å²) in [4.78, 5) is 14.1. The van der Waals surface area contributed by atoms with Crippen molar-refractivity contribution in [2.45, 2.75) is 13.3 Å². The predicted molar refractivity (Wildman–Crippen MR) is 67.2 cm³/mol. The number of carbonyl (C=O) groups excluding carboxylic acids is 1. The van der Waals surface area contributed by atoms with E-state index < -0.39 is 0 Å². The van der Waals surface area contributed by atoms with Crippen molar-refractivity contribution in [2.24, 2.45) is 0 Å². The smallest absolute Gasteiger partial charge is 0.216 e. The summed E-state index contributed by atoms with van der Waals surface area (Å²) in [5, 5.41) is 3.90. The summed E-state index contributed by atoms with van der Waals surface area (Å²) in [6.45, 7) is 2.18. The third-order valence-corrected chi connectivity index (χ3v) is 2.65. The van der Waals surface area contributed by atoms with Gasteiger partial charge in [-0.1, -0.05) is 0 Å². The molecule has 90 valence electrons. The number of nitrogens with one attached hydrogen (secondary N) is 2. The maximum absolute atomic E-state index is 10.8. The summed E-state index contributed by atoms with van der Waals surface area (Å²) >= 11 is 0. The molecule has 0 atom stereocenters. The maximum atomic E-state index is 10.8. The Morgan fingerprint density at radius 3 is 2.94 bits per heavy atom. The Labute approximate surface area is 100.0 Å². The van der Waals surface area contributed by atoms with Crippen LogP contribution in [0.5, 0.6) is 5.75 Å². The number of hydrogen-bond donors (Lipinski definition) is 2. The lowest BCUT2D eigenvalue weighted by molar-refractivity contribution is -0.118. The van der Waals surface area contributed by atoms with E-state index in [9.17, 15) is 4.79 Å². The van der Waals surface area contributed by atoms with Crippen LogP contribution in [0.25, 0.3) is 10.9 Å². The summed E-state index contributed by atoms with van der Waals surface area (Å²) in [6.07, 6.45) is 0.802. The van der Waals surface area contributed by atoms with Gasteiger partial charge in [-0.25, -0.2) is 0 Å². The van der Waals surface area contributed by atoms with Crippen molar-refractivity contribution in [1.82, 2.24) is 10.3 Å². The van der Waals surface area contributed by atoms with Crippen LogP contribution in [0.4, 0.5) is 0 Å². The average molecular weight is 232 g/mol. The van der Waals surface area contributed by atoms with Gasteiger partial charge in [0.2, 0.25) is 5.91 Å². The highest BCUT2D eigenvalue weighted by atomic mass is 16.5. The molecule has 2 rings (SSSR count). The van der Waals surface area contributed by atoms with Gasteiger partial charge in [0.15, 0.2) is 0 Å². The van der Waals surface area contributed by atoms with E-state index in [1.165, 1.54) is 6.92 Å². The highest BCUT2D eigenvalue weighted by Gasteiger charge is 2.02. The molecule has 17 heavy (non-hydrogen) atoms. The lowest BCUT2D eigenvalue weighted by atomic mass is 10.2. The summed E-state index contributed by atoms with van der Waals surface area (Å²) in [5.41, 5.74) is 2.20. The standard InChI is InChI=1S/C13H16N2O2/c1-9(16)14-6-5-11-7-10-8-12(17-2)3-4-13(10)15-11/h3-4,7-8,15H,5-6H2,1-2H3,(H,14,16). The number of fused-ring (bicyclic) bond motifs is 1. The SMILES string of the molecule is COc1ccc2[nH]c(CCNC(C)=O)cc2c1. The van der Waals surface area contributed by atoms with Crippen molar-refractivity contribution >= 4 is 16.8 Å². The Bertz CT molecular complexity index is 531. The molecule has 1 amide bonds. The molecule has 0 bridgehead atoms. The summed E-state index contributed by atoms with van der Waals surface area (Å²) in [7, 11) is 1.66. The number of H-pyrrole nitrogens is 1. The first-order valence-corrected chi connectivity index (χ1v) is 5.59. The number of amides is 1. The van der Waals surface area contributed by atoms with Gasteiger partial charge in [-0.15, -0.1) is 0 Å². The number of aromatic amines is 1. The van der Waals surface area contributed by atoms with Gasteiger partial charge in [0, 0.05) is 36.5 Å². The number of benzene rings is 1. The van der Waals surface area contributed by atoms with Crippen molar-refractivity contribution in [3.05, 3.63) is 30.0 Å². The third-order valence-electron chi connectivity index (χ3n) is 2.65. The molecule has 0 radical (unpaired) electrons. The van der Waals surface area contributed by atoms with Gasteiger partial charge < -0.3 is 15.0 Å². The van der Waals surface area contributed by atoms with E-state index in [1.54, 1.807) is 7.11 Å². The average Bonchev–Trinajstić information content (AvgIpc) is 2.69. The molecule has 0 aliphatic heterocycles. The van der Waals surface area contributed by atoms with E-state index in [4.69, 9.17) is 4.74 Å². The van der Waals surface area contributed by atoms with Gasteiger partial charge in [0.05, 0.1) is 7.11 Å². The molecule has 4 nitrogen and oxygen atoms in total. The van der Waals surface area contributed by atoms with Crippen LogP contribution >= 0.6 is 0 Å². The van der Waals surface area contributed by atoms with Crippen molar-refractivity contribution in [3.63, 3.8) is 0 Å². The molecule has 0 saturated carbocycles. The molecule has 0 aliphatic rings. The van der Waals surface area contributed by atoms with Crippen LogP contribution in [0.15, 0.2) is 24.3 Å². The van der Waals surface area contributed by atoms with Gasteiger partial charge in [-0.3, -0.25) is 4.79 Å². The molecule has 0 saturated heterocycles. The molecule has 1 heterocycles. The van der Waals surface area contributed by atoms with Gasteiger partial charge in [-0.2, -0.15) is 0 Å². The summed E-state index contributed by atoms with van der Waals surface area (Å²) in [5.74, 6) is 0.854. The van der Waals surface area contributed by atoms with Crippen molar-refractivity contribution < 1.29 is 9.53 Å². The van der Waals surface area contributed by atoms with E-state index in [2.05, 4.69) is 16.4 Å². The topological polar surface area (TPSA) is 54.1 Å².